The van der Waals surface area contributed by atoms with Gasteiger partial charge in [0.2, 0.25) is 0 Å². The maximum Gasteiger partial charge on any atom is 0.191 e. The standard InChI is InChI=1S/C10H17N3O/c11-10-12-5-9(7-3-4-14-6-7)13(10)8-1-2-8/h7-9H,1-6H2,(H2,11,12). The van der Waals surface area contributed by atoms with Gasteiger partial charge < -0.3 is 15.4 Å². The third-order valence-corrected chi connectivity index (χ3v) is 3.51. The van der Waals surface area contributed by atoms with Gasteiger partial charge in [0.15, 0.2) is 5.96 Å². The monoisotopic (exact) mass is 195 g/mol. The van der Waals surface area contributed by atoms with Crippen LogP contribution < -0.4 is 5.73 Å². The van der Waals surface area contributed by atoms with Gasteiger partial charge in [0, 0.05) is 18.6 Å². The molecule has 3 rings (SSSR count). The summed E-state index contributed by atoms with van der Waals surface area (Å²) in [5.41, 5.74) is 5.91. The first-order valence-electron chi connectivity index (χ1n) is 5.52. The maximum atomic E-state index is 5.91. The number of hydrogen-bond donors (Lipinski definition) is 1. The highest BCUT2D eigenvalue weighted by Crippen LogP contribution is 2.34. The third-order valence-electron chi connectivity index (χ3n) is 3.51. The van der Waals surface area contributed by atoms with Crippen molar-refractivity contribution in [1.29, 1.82) is 0 Å². The van der Waals surface area contributed by atoms with Crippen LogP contribution in [0.1, 0.15) is 19.3 Å². The Bertz CT molecular complexity index is 256. The van der Waals surface area contributed by atoms with Crippen LogP contribution in [0.4, 0.5) is 0 Å². The van der Waals surface area contributed by atoms with Crippen LogP contribution in [0.25, 0.3) is 0 Å². The molecular formula is C10H17N3O. The van der Waals surface area contributed by atoms with Crippen LogP contribution >= 0.6 is 0 Å². The summed E-state index contributed by atoms with van der Waals surface area (Å²) in [7, 11) is 0. The fourth-order valence-corrected chi connectivity index (χ4v) is 2.57. The van der Waals surface area contributed by atoms with E-state index in [2.05, 4.69) is 9.89 Å². The molecule has 2 heterocycles. The van der Waals surface area contributed by atoms with E-state index in [0.29, 0.717) is 18.0 Å². The lowest BCUT2D eigenvalue weighted by molar-refractivity contribution is 0.161. The lowest BCUT2D eigenvalue weighted by Crippen LogP contribution is -2.46. The molecule has 4 heteroatoms. The lowest BCUT2D eigenvalue weighted by atomic mass is 9.98. The minimum atomic E-state index is 0.532. The van der Waals surface area contributed by atoms with Crippen LogP contribution in [0.5, 0.6) is 0 Å². The average molecular weight is 195 g/mol. The van der Waals surface area contributed by atoms with Crippen molar-refractivity contribution >= 4 is 5.96 Å². The smallest absolute Gasteiger partial charge is 0.191 e. The first-order chi connectivity index (χ1) is 6.86. The molecule has 1 aliphatic carbocycles. The Kier molecular flexibility index (Phi) is 1.90. The van der Waals surface area contributed by atoms with E-state index < -0.39 is 0 Å². The highest BCUT2D eigenvalue weighted by Gasteiger charge is 2.42. The predicted molar refractivity (Wildman–Crippen MR) is 54.1 cm³/mol. The Hall–Kier alpha value is -0.770. The van der Waals surface area contributed by atoms with Gasteiger partial charge in [0.05, 0.1) is 19.2 Å². The molecule has 2 N–H and O–H groups in total. The van der Waals surface area contributed by atoms with Crippen LogP contribution in [0, 0.1) is 5.92 Å². The van der Waals surface area contributed by atoms with E-state index in [9.17, 15) is 0 Å². The molecule has 0 bridgehead atoms. The van der Waals surface area contributed by atoms with Crippen LogP contribution in [0.3, 0.4) is 0 Å². The molecule has 0 amide bonds. The van der Waals surface area contributed by atoms with Crippen LogP contribution in [-0.4, -0.2) is 42.7 Å². The molecule has 0 aromatic rings. The fourth-order valence-electron chi connectivity index (χ4n) is 2.57. The van der Waals surface area contributed by atoms with E-state index in [0.717, 1.165) is 25.7 Å². The summed E-state index contributed by atoms with van der Waals surface area (Å²) in [5.74, 6) is 1.42. The van der Waals surface area contributed by atoms with Crippen LogP contribution in [-0.2, 0) is 4.74 Å². The van der Waals surface area contributed by atoms with Crippen molar-refractivity contribution < 1.29 is 4.74 Å². The van der Waals surface area contributed by atoms with Crippen molar-refractivity contribution in [3.8, 4) is 0 Å². The van der Waals surface area contributed by atoms with E-state index in [1.54, 1.807) is 0 Å². The molecule has 0 aromatic carbocycles. The number of hydrogen-bond acceptors (Lipinski definition) is 4. The molecule has 4 nitrogen and oxygen atoms in total. The molecule has 0 radical (unpaired) electrons. The minimum Gasteiger partial charge on any atom is -0.381 e. The topological polar surface area (TPSA) is 50.9 Å². The van der Waals surface area contributed by atoms with Crippen molar-refractivity contribution in [3.63, 3.8) is 0 Å². The molecule has 2 unspecified atom stereocenters. The molecule has 0 spiro atoms. The zero-order valence-corrected chi connectivity index (χ0v) is 8.35. The van der Waals surface area contributed by atoms with Gasteiger partial charge in [-0.15, -0.1) is 0 Å². The molecule has 2 fully saturated rings. The molecular weight excluding hydrogens is 178 g/mol. The highest BCUT2D eigenvalue weighted by molar-refractivity contribution is 5.80. The number of aliphatic imine (C=N–C) groups is 1. The summed E-state index contributed by atoms with van der Waals surface area (Å²) in [6.07, 6.45) is 3.76. The largest absolute Gasteiger partial charge is 0.381 e. The zero-order valence-electron chi connectivity index (χ0n) is 8.35. The maximum absolute atomic E-state index is 5.91. The second kappa shape index (κ2) is 3.12. The molecule has 3 aliphatic rings. The first-order valence-corrected chi connectivity index (χ1v) is 5.52. The highest BCUT2D eigenvalue weighted by atomic mass is 16.5. The van der Waals surface area contributed by atoms with Gasteiger partial charge in [-0.1, -0.05) is 0 Å². The Balaban J connectivity index is 1.73. The second-order valence-electron chi connectivity index (χ2n) is 4.53. The summed E-state index contributed by atoms with van der Waals surface area (Å²) in [5, 5.41) is 0. The number of ether oxygens (including phenoxy) is 1. The van der Waals surface area contributed by atoms with Gasteiger partial charge in [0.25, 0.3) is 0 Å². The molecule has 0 aromatic heterocycles. The molecule has 2 aliphatic heterocycles. The fraction of sp³-hybridized carbons (Fsp3) is 0.900. The second-order valence-corrected chi connectivity index (χ2v) is 4.53. The quantitative estimate of drug-likeness (QED) is 0.684. The van der Waals surface area contributed by atoms with Gasteiger partial charge in [-0.3, -0.25) is 4.99 Å². The van der Waals surface area contributed by atoms with Crippen molar-refractivity contribution in [2.45, 2.75) is 31.3 Å². The van der Waals surface area contributed by atoms with Crippen LogP contribution in [0.15, 0.2) is 4.99 Å². The van der Waals surface area contributed by atoms with E-state index in [1.807, 2.05) is 0 Å². The summed E-state index contributed by atoms with van der Waals surface area (Å²) in [4.78, 5) is 6.72. The van der Waals surface area contributed by atoms with E-state index in [4.69, 9.17) is 10.5 Å². The number of rotatable bonds is 2. The third kappa shape index (κ3) is 1.29. The van der Waals surface area contributed by atoms with E-state index in [-0.39, 0.29) is 0 Å². The Labute approximate surface area is 84.1 Å². The lowest BCUT2D eigenvalue weighted by Gasteiger charge is -2.29. The van der Waals surface area contributed by atoms with Gasteiger partial charge in [-0.2, -0.15) is 0 Å². The Morgan fingerprint density at radius 2 is 2.21 bits per heavy atom. The normalized spacial score (nSPS) is 37.7. The number of nitrogens with zero attached hydrogens (tertiary/aromatic N) is 2. The Morgan fingerprint density at radius 3 is 2.86 bits per heavy atom. The SMILES string of the molecule is NC1=NCC(C2CCOC2)N1C1CC1. The summed E-state index contributed by atoms with van der Waals surface area (Å²) in [6.45, 7) is 2.70. The molecule has 2 atom stereocenters. The number of nitrogens with two attached hydrogens (primary N) is 1. The predicted octanol–water partition coefficient (Wildman–Crippen LogP) is 0.184. The van der Waals surface area contributed by atoms with Gasteiger partial charge in [-0.05, 0) is 19.3 Å². The van der Waals surface area contributed by atoms with E-state index in [1.165, 1.54) is 19.3 Å². The van der Waals surface area contributed by atoms with Gasteiger partial charge in [0.1, 0.15) is 0 Å². The zero-order chi connectivity index (χ0) is 9.54. The Morgan fingerprint density at radius 1 is 1.36 bits per heavy atom. The summed E-state index contributed by atoms with van der Waals surface area (Å²) in [6, 6.07) is 1.22. The summed E-state index contributed by atoms with van der Waals surface area (Å²) >= 11 is 0. The molecule has 78 valence electrons. The molecule has 14 heavy (non-hydrogen) atoms. The van der Waals surface area contributed by atoms with Gasteiger partial charge in [-0.25, -0.2) is 0 Å². The van der Waals surface area contributed by atoms with E-state index >= 15 is 0 Å². The van der Waals surface area contributed by atoms with Gasteiger partial charge >= 0.3 is 0 Å². The first kappa shape index (κ1) is 8.53. The van der Waals surface area contributed by atoms with Crippen molar-refractivity contribution in [2.24, 2.45) is 16.6 Å². The molecule has 1 saturated heterocycles. The van der Waals surface area contributed by atoms with Crippen molar-refractivity contribution in [1.82, 2.24) is 4.90 Å². The minimum absolute atomic E-state index is 0.532. The number of guanidine groups is 1. The van der Waals surface area contributed by atoms with Crippen LogP contribution in [0.2, 0.25) is 0 Å². The summed E-state index contributed by atoms with van der Waals surface area (Å²) < 4.78 is 5.43. The van der Waals surface area contributed by atoms with Crippen molar-refractivity contribution in [3.05, 3.63) is 0 Å². The van der Waals surface area contributed by atoms with Crippen molar-refractivity contribution in [2.75, 3.05) is 19.8 Å². The average Bonchev–Trinajstić information content (AvgIpc) is 2.75. The molecule has 1 saturated carbocycles.